The van der Waals surface area contributed by atoms with Gasteiger partial charge in [-0.3, -0.25) is 9.59 Å². The summed E-state index contributed by atoms with van der Waals surface area (Å²) in [7, 11) is 0. The molecule has 2 aromatic rings. The molecule has 0 aliphatic carbocycles. The molecule has 1 fully saturated rings. The molecule has 3 rings (SSSR count). The lowest BCUT2D eigenvalue weighted by Gasteiger charge is -2.24. The van der Waals surface area contributed by atoms with Gasteiger partial charge in [-0.25, -0.2) is 0 Å². The highest BCUT2D eigenvalue weighted by Crippen LogP contribution is 2.22. The summed E-state index contributed by atoms with van der Waals surface area (Å²) in [4.78, 5) is 25.6. The van der Waals surface area contributed by atoms with Crippen LogP contribution >= 0.6 is 0 Å². The van der Waals surface area contributed by atoms with E-state index in [1.165, 1.54) is 0 Å². The first kappa shape index (κ1) is 13.6. The lowest BCUT2D eigenvalue weighted by Crippen LogP contribution is -2.34. The molecule has 3 nitrogen and oxygen atoms in total. The van der Waals surface area contributed by atoms with Crippen LogP contribution in [0.1, 0.15) is 17.5 Å². The van der Waals surface area contributed by atoms with E-state index in [0.717, 1.165) is 17.5 Å². The Kier molecular flexibility index (Phi) is 3.82. The van der Waals surface area contributed by atoms with Gasteiger partial charge in [0.1, 0.15) is 0 Å². The Hall–Kier alpha value is -2.42. The largest absolute Gasteiger partial charge is 0.328 e. The zero-order valence-corrected chi connectivity index (χ0v) is 11.7. The lowest BCUT2D eigenvalue weighted by atomic mass is 10.0. The lowest BCUT2D eigenvalue weighted by molar-refractivity contribution is -0.140. The Labute approximate surface area is 124 Å². The van der Waals surface area contributed by atoms with Crippen molar-refractivity contribution in [1.82, 2.24) is 4.90 Å². The summed E-state index contributed by atoms with van der Waals surface area (Å²) in [5, 5.41) is 0. The molecule has 106 valence electrons. The monoisotopic (exact) mass is 279 g/mol. The van der Waals surface area contributed by atoms with E-state index in [1.54, 1.807) is 4.90 Å². The number of benzene rings is 2. The third-order valence-corrected chi connectivity index (χ3v) is 3.87. The average Bonchev–Trinajstić information content (AvgIpc) is 2.77. The SMILES string of the molecule is O=C1C[C@H](Cc2ccccc2)N(Cc2ccccc2)C1=O. The second-order valence-corrected chi connectivity index (χ2v) is 5.39. The molecule has 1 amide bonds. The highest BCUT2D eigenvalue weighted by molar-refractivity contribution is 6.38. The normalized spacial score (nSPS) is 18.3. The summed E-state index contributed by atoms with van der Waals surface area (Å²) in [6, 6.07) is 19.8. The van der Waals surface area contributed by atoms with Crippen LogP contribution in [0.25, 0.3) is 0 Å². The first-order valence-corrected chi connectivity index (χ1v) is 7.15. The van der Waals surface area contributed by atoms with Gasteiger partial charge in [0.15, 0.2) is 0 Å². The predicted molar refractivity (Wildman–Crippen MR) is 80.6 cm³/mol. The minimum Gasteiger partial charge on any atom is -0.328 e. The van der Waals surface area contributed by atoms with Crippen molar-refractivity contribution in [3.8, 4) is 0 Å². The fourth-order valence-electron chi connectivity index (χ4n) is 2.79. The van der Waals surface area contributed by atoms with E-state index >= 15 is 0 Å². The van der Waals surface area contributed by atoms with Gasteiger partial charge in [0.05, 0.1) is 0 Å². The highest BCUT2D eigenvalue weighted by atomic mass is 16.2. The van der Waals surface area contributed by atoms with Crippen molar-refractivity contribution < 1.29 is 9.59 Å². The van der Waals surface area contributed by atoms with Gasteiger partial charge >= 0.3 is 0 Å². The van der Waals surface area contributed by atoms with Crippen molar-refractivity contribution in [3.63, 3.8) is 0 Å². The van der Waals surface area contributed by atoms with E-state index in [-0.39, 0.29) is 17.7 Å². The van der Waals surface area contributed by atoms with Gasteiger partial charge in [-0.05, 0) is 17.5 Å². The minimum absolute atomic E-state index is 0.0346. The van der Waals surface area contributed by atoms with Crippen molar-refractivity contribution in [1.29, 1.82) is 0 Å². The van der Waals surface area contributed by atoms with E-state index in [9.17, 15) is 9.59 Å². The van der Waals surface area contributed by atoms with Gasteiger partial charge in [-0.1, -0.05) is 60.7 Å². The molecule has 1 aliphatic heterocycles. The van der Waals surface area contributed by atoms with Gasteiger partial charge in [0.25, 0.3) is 5.91 Å². The number of carbonyl (C=O) groups is 2. The molecule has 1 heterocycles. The van der Waals surface area contributed by atoms with E-state index in [1.807, 2.05) is 60.7 Å². The maximum absolute atomic E-state index is 12.1. The zero-order valence-electron chi connectivity index (χ0n) is 11.7. The molecule has 1 aliphatic rings. The highest BCUT2D eigenvalue weighted by Gasteiger charge is 2.37. The van der Waals surface area contributed by atoms with Crippen LogP contribution in [0.2, 0.25) is 0 Å². The number of carbonyl (C=O) groups excluding carboxylic acids is 2. The van der Waals surface area contributed by atoms with Gasteiger partial charge in [0, 0.05) is 19.0 Å². The van der Waals surface area contributed by atoms with Crippen LogP contribution in [0.5, 0.6) is 0 Å². The molecule has 0 bridgehead atoms. The molecule has 1 saturated heterocycles. The summed E-state index contributed by atoms with van der Waals surface area (Å²) in [6.45, 7) is 0.503. The average molecular weight is 279 g/mol. The molecule has 0 N–H and O–H groups in total. The molecule has 1 atom stereocenters. The third-order valence-electron chi connectivity index (χ3n) is 3.87. The zero-order chi connectivity index (χ0) is 14.7. The van der Waals surface area contributed by atoms with E-state index in [2.05, 4.69) is 0 Å². The molecule has 0 unspecified atom stereocenters. The van der Waals surface area contributed by atoms with Gasteiger partial charge in [-0.15, -0.1) is 0 Å². The molecule has 0 aromatic heterocycles. The predicted octanol–water partition coefficient (Wildman–Crippen LogP) is 2.60. The smallest absolute Gasteiger partial charge is 0.290 e. The first-order chi connectivity index (χ1) is 10.2. The number of amides is 1. The fraction of sp³-hybridized carbons (Fsp3) is 0.222. The number of rotatable bonds is 4. The summed E-state index contributed by atoms with van der Waals surface area (Å²) < 4.78 is 0. The Bertz CT molecular complexity index is 637. The Morgan fingerprint density at radius 3 is 2.05 bits per heavy atom. The summed E-state index contributed by atoms with van der Waals surface area (Å²) in [6.07, 6.45) is 1.05. The van der Waals surface area contributed by atoms with Crippen molar-refractivity contribution in [2.45, 2.75) is 25.4 Å². The van der Waals surface area contributed by atoms with Crippen molar-refractivity contribution in [3.05, 3.63) is 71.8 Å². The third kappa shape index (κ3) is 3.02. The number of hydrogen-bond acceptors (Lipinski definition) is 2. The van der Waals surface area contributed by atoms with Gasteiger partial charge in [0.2, 0.25) is 5.78 Å². The summed E-state index contributed by atoms with van der Waals surface area (Å²) in [5.41, 5.74) is 2.21. The number of ketones is 1. The standard InChI is InChI=1S/C18H17NO2/c20-17-12-16(11-14-7-3-1-4-8-14)19(18(17)21)13-15-9-5-2-6-10-15/h1-10,16H,11-13H2/t16-/m0/s1. The van der Waals surface area contributed by atoms with Crippen molar-refractivity contribution in [2.75, 3.05) is 0 Å². The van der Waals surface area contributed by atoms with Crippen LogP contribution in [-0.4, -0.2) is 22.6 Å². The molecule has 21 heavy (non-hydrogen) atoms. The Morgan fingerprint density at radius 2 is 1.43 bits per heavy atom. The topological polar surface area (TPSA) is 37.4 Å². The minimum atomic E-state index is -0.347. The molecular weight excluding hydrogens is 262 g/mol. The molecule has 2 aromatic carbocycles. The summed E-state index contributed by atoms with van der Waals surface area (Å²) >= 11 is 0. The first-order valence-electron chi connectivity index (χ1n) is 7.15. The number of hydrogen-bond donors (Lipinski definition) is 0. The van der Waals surface area contributed by atoms with Crippen molar-refractivity contribution >= 4 is 11.7 Å². The Balaban J connectivity index is 1.78. The molecular formula is C18H17NO2. The second-order valence-electron chi connectivity index (χ2n) is 5.39. The van der Waals surface area contributed by atoms with Crippen LogP contribution in [0.4, 0.5) is 0 Å². The number of nitrogens with zero attached hydrogens (tertiary/aromatic N) is 1. The van der Waals surface area contributed by atoms with Crippen LogP contribution < -0.4 is 0 Å². The van der Waals surface area contributed by atoms with E-state index in [0.29, 0.717) is 13.0 Å². The van der Waals surface area contributed by atoms with Crippen LogP contribution in [0, 0.1) is 0 Å². The quantitative estimate of drug-likeness (QED) is 0.807. The number of Topliss-reactive ketones (excluding diaryl/α,β-unsaturated/α-hetero) is 1. The second kappa shape index (κ2) is 5.92. The van der Waals surface area contributed by atoms with Crippen molar-refractivity contribution in [2.24, 2.45) is 0 Å². The van der Waals surface area contributed by atoms with Crippen LogP contribution in [-0.2, 0) is 22.6 Å². The maximum atomic E-state index is 12.1. The van der Waals surface area contributed by atoms with Crippen LogP contribution in [0.3, 0.4) is 0 Å². The molecule has 3 heteroatoms. The van der Waals surface area contributed by atoms with Gasteiger partial charge < -0.3 is 4.90 Å². The fourth-order valence-corrected chi connectivity index (χ4v) is 2.79. The molecule has 0 radical (unpaired) electrons. The van der Waals surface area contributed by atoms with E-state index in [4.69, 9.17) is 0 Å². The van der Waals surface area contributed by atoms with Crippen LogP contribution in [0.15, 0.2) is 60.7 Å². The Morgan fingerprint density at radius 1 is 0.857 bits per heavy atom. The molecule has 0 spiro atoms. The summed E-state index contributed by atoms with van der Waals surface area (Å²) in [5.74, 6) is -0.619. The number of likely N-dealkylation sites (tertiary alicyclic amines) is 1. The molecule has 0 saturated carbocycles. The van der Waals surface area contributed by atoms with Gasteiger partial charge in [-0.2, -0.15) is 0 Å². The van der Waals surface area contributed by atoms with E-state index < -0.39 is 0 Å². The maximum Gasteiger partial charge on any atom is 0.290 e.